The molecule has 0 aliphatic carbocycles. The molecule has 0 aromatic heterocycles. The molecule has 2 atom stereocenters. The van der Waals surface area contributed by atoms with E-state index in [0.717, 1.165) is 43.6 Å². The highest BCUT2D eigenvalue weighted by molar-refractivity contribution is 7.99. The first kappa shape index (κ1) is 23.7. The molecule has 0 aromatic rings. The van der Waals surface area contributed by atoms with Crippen molar-refractivity contribution in [3.8, 4) is 0 Å². The monoisotopic (exact) mass is 377 g/mol. The van der Waals surface area contributed by atoms with Gasteiger partial charge in [-0.2, -0.15) is 11.8 Å². The normalized spacial score (nSPS) is 13.1. The molecule has 7 nitrogen and oxygen atoms in total. The van der Waals surface area contributed by atoms with E-state index in [9.17, 15) is 14.4 Å². The maximum atomic E-state index is 11.2. The number of hydrogen-bond donors (Lipinski definition) is 2. The number of thioether (sulfide) groups is 1. The molecule has 0 radical (unpaired) electrons. The molecule has 1 unspecified atom stereocenters. The Hall–Kier alpha value is -1.28. The van der Waals surface area contributed by atoms with Crippen molar-refractivity contribution in [2.75, 3.05) is 25.7 Å². The van der Waals surface area contributed by atoms with Gasteiger partial charge in [-0.25, -0.2) is 0 Å². The van der Waals surface area contributed by atoms with Gasteiger partial charge in [-0.3, -0.25) is 14.4 Å². The highest BCUT2D eigenvalue weighted by atomic mass is 32.2. The number of rotatable bonds is 15. The molecule has 3 N–H and O–H groups in total. The molecule has 0 rings (SSSR count). The van der Waals surface area contributed by atoms with Gasteiger partial charge in [0.15, 0.2) is 0 Å². The van der Waals surface area contributed by atoms with E-state index in [1.807, 2.05) is 0 Å². The zero-order valence-electron chi connectivity index (χ0n) is 15.2. The van der Waals surface area contributed by atoms with Crippen LogP contribution < -0.4 is 5.73 Å². The number of carbonyl (C=O) groups is 3. The van der Waals surface area contributed by atoms with Gasteiger partial charge in [-0.15, -0.1) is 0 Å². The molecule has 0 fully saturated rings. The summed E-state index contributed by atoms with van der Waals surface area (Å²) in [7, 11) is 2.62. The second-order valence-corrected chi connectivity index (χ2v) is 7.14. The quantitative estimate of drug-likeness (QED) is 0.330. The summed E-state index contributed by atoms with van der Waals surface area (Å²) in [5.41, 5.74) is 5.83. The number of unbranched alkanes of at least 4 members (excludes halogenated alkanes) is 4. The molecule has 8 heteroatoms. The van der Waals surface area contributed by atoms with Gasteiger partial charge in [0.25, 0.3) is 0 Å². The van der Waals surface area contributed by atoms with Crippen molar-refractivity contribution in [1.82, 2.24) is 0 Å². The summed E-state index contributed by atoms with van der Waals surface area (Å²) in [6, 6.07) is -0.166. The maximum absolute atomic E-state index is 11.2. The standard InChI is InChI=1S/C17H31NO6S/c1-23-15(19)10-13(17(21)22)8-6-4-3-5-7-9-25-12-14(18)11-16(20)24-2/h13-14H,3-12,18H2,1-2H3,(H,21,22)/t13?,14-/m1/s1. The van der Waals surface area contributed by atoms with E-state index in [1.54, 1.807) is 11.8 Å². The Bertz CT molecular complexity index is 405. The first-order valence-electron chi connectivity index (χ1n) is 8.60. The van der Waals surface area contributed by atoms with E-state index in [1.165, 1.54) is 14.2 Å². The summed E-state index contributed by atoms with van der Waals surface area (Å²) in [6.45, 7) is 0. The highest BCUT2D eigenvalue weighted by Gasteiger charge is 2.21. The van der Waals surface area contributed by atoms with Crippen molar-refractivity contribution in [3.05, 3.63) is 0 Å². The Kier molecular flexibility index (Phi) is 14.2. The van der Waals surface area contributed by atoms with Gasteiger partial charge >= 0.3 is 17.9 Å². The first-order chi connectivity index (χ1) is 11.9. The second kappa shape index (κ2) is 15.0. The van der Waals surface area contributed by atoms with Gasteiger partial charge in [0.05, 0.1) is 33.0 Å². The minimum absolute atomic E-state index is 0.0612. The predicted molar refractivity (Wildman–Crippen MR) is 97.4 cm³/mol. The zero-order chi connectivity index (χ0) is 19.1. The molecule has 0 bridgehead atoms. The van der Waals surface area contributed by atoms with Gasteiger partial charge in [-0.05, 0) is 18.6 Å². The predicted octanol–water partition coefficient (Wildman–Crippen LogP) is 2.21. The average Bonchev–Trinajstić information content (AvgIpc) is 2.58. The van der Waals surface area contributed by atoms with Crippen molar-refractivity contribution < 1.29 is 29.0 Å². The fraction of sp³-hybridized carbons (Fsp3) is 0.824. The molecule has 0 aliphatic heterocycles. The molecule has 0 aromatic carbocycles. The van der Waals surface area contributed by atoms with E-state index in [0.29, 0.717) is 6.42 Å². The van der Waals surface area contributed by atoms with Gasteiger partial charge < -0.3 is 20.3 Å². The average molecular weight is 378 g/mol. The molecule has 0 heterocycles. The summed E-state index contributed by atoms with van der Waals surface area (Å²) in [5.74, 6) is -0.614. The second-order valence-electron chi connectivity index (χ2n) is 5.99. The molecule has 25 heavy (non-hydrogen) atoms. The van der Waals surface area contributed by atoms with Crippen LogP contribution in [0.25, 0.3) is 0 Å². The van der Waals surface area contributed by atoms with Crippen molar-refractivity contribution in [1.29, 1.82) is 0 Å². The molecule has 146 valence electrons. The third-order valence-corrected chi connectivity index (χ3v) is 5.06. The Labute approximate surface area is 154 Å². The van der Waals surface area contributed by atoms with E-state index in [-0.39, 0.29) is 24.9 Å². The molecule has 0 saturated carbocycles. The van der Waals surface area contributed by atoms with Gasteiger partial charge in [0.1, 0.15) is 0 Å². The lowest BCUT2D eigenvalue weighted by Gasteiger charge is -2.11. The lowest BCUT2D eigenvalue weighted by Crippen LogP contribution is -2.27. The lowest BCUT2D eigenvalue weighted by molar-refractivity contribution is -0.150. The van der Waals surface area contributed by atoms with Crippen LogP contribution in [-0.2, 0) is 23.9 Å². The summed E-state index contributed by atoms with van der Waals surface area (Å²) in [6.07, 6.45) is 5.63. The SMILES string of the molecule is COC(=O)CC(CCCCCCCSC[C@H](N)CC(=O)OC)C(=O)O. The molecule has 0 saturated heterocycles. The van der Waals surface area contributed by atoms with Crippen LogP contribution in [0.15, 0.2) is 0 Å². The maximum Gasteiger partial charge on any atom is 0.307 e. The first-order valence-corrected chi connectivity index (χ1v) is 9.75. The van der Waals surface area contributed by atoms with Crippen LogP contribution in [0, 0.1) is 5.92 Å². The third-order valence-electron chi connectivity index (χ3n) is 3.82. The number of carbonyl (C=O) groups excluding carboxylic acids is 2. The summed E-state index contributed by atoms with van der Waals surface area (Å²) in [4.78, 5) is 33.3. The smallest absolute Gasteiger partial charge is 0.307 e. The third kappa shape index (κ3) is 13.7. The Balaban J connectivity index is 3.58. The van der Waals surface area contributed by atoms with Crippen molar-refractivity contribution >= 4 is 29.7 Å². The van der Waals surface area contributed by atoms with E-state index in [4.69, 9.17) is 10.8 Å². The molecule has 0 amide bonds. The summed E-state index contributed by atoms with van der Waals surface area (Å²) in [5, 5.41) is 9.08. The van der Waals surface area contributed by atoms with Crippen molar-refractivity contribution in [2.24, 2.45) is 11.7 Å². The van der Waals surface area contributed by atoms with Crippen molar-refractivity contribution in [3.63, 3.8) is 0 Å². The zero-order valence-corrected chi connectivity index (χ0v) is 16.0. The molecular formula is C17H31NO6S. The van der Waals surface area contributed by atoms with Gasteiger partial charge in [0.2, 0.25) is 0 Å². The largest absolute Gasteiger partial charge is 0.481 e. The number of carboxylic acids is 1. The van der Waals surface area contributed by atoms with Crippen LogP contribution in [0.2, 0.25) is 0 Å². The van der Waals surface area contributed by atoms with Crippen LogP contribution in [-0.4, -0.2) is 54.8 Å². The van der Waals surface area contributed by atoms with E-state index in [2.05, 4.69) is 9.47 Å². The number of hydrogen-bond acceptors (Lipinski definition) is 7. The minimum atomic E-state index is -0.940. The van der Waals surface area contributed by atoms with Gasteiger partial charge in [-0.1, -0.05) is 25.7 Å². The summed E-state index contributed by atoms with van der Waals surface area (Å²) < 4.78 is 9.09. The number of nitrogens with two attached hydrogens (primary N) is 1. The van der Waals surface area contributed by atoms with Gasteiger partial charge in [0, 0.05) is 11.8 Å². The number of methoxy groups -OCH3 is 2. The number of carboxylic acid groups (broad SMARTS) is 1. The summed E-state index contributed by atoms with van der Waals surface area (Å²) >= 11 is 1.73. The minimum Gasteiger partial charge on any atom is -0.481 e. The van der Waals surface area contributed by atoms with Crippen molar-refractivity contribution in [2.45, 2.75) is 57.4 Å². The fourth-order valence-electron chi connectivity index (χ4n) is 2.31. The lowest BCUT2D eigenvalue weighted by atomic mass is 9.97. The highest BCUT2D eigenvalue weighted by Crippen LogP contribution is 2.17. The Morgan fingerprint density at radius 3 is 2.12 bits per heavy atom. The van der Waals surface area contributed by atoms with E-state index >= 15 is 0 Å². The van der Waals surface area contributed by atoms with Crippen LogP contribution in [0.3, 0.4) is 0 Å². The van der Waals surface area contributed by atoms with Crippen LogP contribution in [0.4, 0.5) is 0 Å². The molecular weight excluding hydrogens is 346 g/mol. The van der Waals surface area contributed by atoms with Crippen LogP contribution in [0.5, 0.6) is 0 Å². The van der Waals surface area contributed by atoms with Crippen LogP contribution in [0.1, 0.15) is 51.4 Å². The number of ether oxygens (including phenoxy) is 2. The number of esters is 2. The number of aliphatic carboxylic acids is 1. The Morgan fingerprint density at radius 2 is 1.52 bits per heavy atom. The topological polar surface area (TPSA) is 116 Å². The molecule has 0 aliphatic rings. The molecule has 0 spiro atoms. The van der Waals surface area contributed by atoms with E-state index < -0.39 is 17.9 Å². The fourth-order valence-corrected chi connectivity index (χ4v) is 3.31. The van der Waals surface area contributed by atoms with Crippen LogP contribution >= 0.6 is 11.8 Å². The Morgan fingerprint density at radius 1 is 0.960 bits per heavy atom.